The van der Waals surface area contributed by atoms with Crippen molar-refractivity contribution in [3.8, 4) is 0 Å². The fraction of sp³-hybridized carbons (Fsp3) is 0.211. The van der Waals surface area contributed by atoms with Gasteiger partial charge in [0.1, 0.15) is 5.01 Å². The predicted octanol–water partition coefficient (Wildman–Crippen LogP) is 2.64. The van der Waals surface area contributed by atoms with Crippen LogP contribution in [-0.4, -0.2) is 42.4 Å². The summed E-state index contributed by atoms with van der Waals surface area (Å²) >= 11 is 1.63. The lowest BCUT2D eigenvalue weighted by molar-refractivity contribution is -0.118. The predicted molar refractivity (Wildman–Crippen MR) is 108 cm³/mol. The number of thiazole rings is 1. The van der Waals surface area contributed by atoms with Crippen molar-refractivity contribution in [1.29, 1.82) is 0 Å². The molecule has 0 aliphatic heterocycles. The minimum atomic E-state index is 0.312. The van der Waals surface area contributed by atoms with E-state index in [0.717, 1.165) is 38.0 Å². The van der Waals surface area contributed by atoms with E-state index in [4.69, 9.17) is 4.98 Å². The van der Waals surface area contributed by atoms with Gasteiger partial charge in [0.25, 0.3) is 0 Å². The van der Waals surface area contributed by atoms with Gasteiger partial charge >= 0.3 is 0 Å². The Morgan fingerprint density at radius 2 is 2.21 bits per heavy atom. The highest BCUT2D eigenvalue weighted by molar-refractivity contribution is 7.19. The largest absolute Gasteiger partial charge is 0.332 e. The molecule has 142 valence electrons. The number of hydrazone groups is 1. The lowest BCUT2D eigenvalue weighted by Gasteiger charge is -2.08. The summed E-state index contributed by atoms with van der Waals surface area (Å²) < 4.78 is 3.11. The minimum Gasteiger partial charge on any atom is -0.332 e. The molecule has 0 aliphatic carbocycles. The highest BCUT2D eigenvalue weighted by Crippen LogP contribution is 2.30. The van der Waals surface area contributed by atoms with E-state index < -0.39 is 0 Å². The van der Waals surface area contributed by atoms with Crippen LogP contribution in [0.1, 0.15) is 27.7 Å². The van der Waals surface area contributed by atoms with E-state index in [2.05, 4.69) is 20.3 Å². The monoisotopic (exact) mass is 393 g/mol. The van der Waals surface area contributed by atoms with Crippen LogP contribution in [0.2, 0.25) is 0 Å². The number of hydrogen-bond acceptors (Lipinski definition) is 6. The number of carbonyl (C=O) groups excluding carboxylic acids is 1. The van der Waals surface area contributed by atoms with Gasteiger partial charge in [-0.05, 0) is 25.1 Å². The topological polar surface area (TPSA) is 92.1 Å². The third-order valence-electron chi connectivity index (χ3n) is 4.51. The molecule has 0 aliphatic rings. The molecule has 8 nitrogen and oxygen atoms in total. The van der Waals surface area contributed by atoms with Crippen LogP contribution in [0.25, 0.3) is 10.3 Å². The van der Waals surface area contributed by atoms with Crippen LogP contribution in [0, 0.1) is 6.92 Å². The molecular weight excluding hydrogens is 374 g/mol. The van der Waals surface area contributed by atoms with Crippen molar-refractivity contribution in [1.82, 2.24) is 29.7 Å². The Hall–Kier alpha value is -3.33. The van der Waals surface area contributed by atoms with Crippen molar-refractivity contribution in [2.24, 2.45) is 12.1 Å². The first-order valence-electron chi connectivity index (χ1n) is 8.75. The average molecular weight is 393 g/mol. The lowest BCUT2D eigenvalue weighted by Crippen LogP contribution is -2.15. The summed E-state index contributed by atoms with van der Waals surface area (Å²) in [7, 11) is 1.99. The fourth-order valence-corrected chi connectivity index (χ4v) is 4.10. The maximum atomic E-state index is 11.4. The normalized spacial score (nSPS) is 11.5. The number of aromatic amines is 1. The van der Waals surface area contributed by atoms with Gasteiger partial charge in [0.2, 0.25) is 6.41 Å². The molecule has 4 aromatic heterocycles. The average Bonchev–Trinajstić information content (AvgIpc) is 3.41. The molecule has 0 saturated carbocycles. The number of aromatic nitrogens is 5. The van der Waals surface area contributed by atoms with Crippen LogP contribution in [-0.2, 0) is 24.8 Å². The number of hydrogen-bond donors (Lipinski definition) is 1. The number of aryl methyl sites for hydroxylation is 1. The second-order valence-electron chi connectivity index (χ2n) is 6.33. The smallest absolute Gasteiger partial charge is 0.230 e. The van der Waals surface area contributed by atoms with Gasteiger partial charge in [0.15, 0.2) is 5.65 Å². The minimum absolute atomic E-state index is 0.312. The molecule has 0 spiro atoms. The molecule has 0 atom stereocenters. The van der Waals surface area contributed by atoms with Gasteiger partial charge in [0, 0.05) is 42.8 Å². The molecule has 0 saturated heterocycles. The molecule has 4 heterocycles. The van der Waals surface area contributed by atoms with E-state index in [-0.39, 0.29) is 0 Å². The first kappa shape index (κ1) is 18.1. The maximum Gasteiger partial charge on any atom is 0.230 e. The zero-order valence-corrected chi connectivity index (χ0v) is 16.3. The highest BCUT2D eigenvalue weighted by atomic mass is 32.1. The summed E-state index contributed by atoms with van der Waals surface area (Å²) in [5.41, 5.74) is 4.66. The van der Waals surface area contributed by atoms with Crippen molar-refractivity contribution < 1.29 is 4.79 Å². The Morgan fingerprint density at radius 3 is 2.93 bits per heavy atom. The van der Waals surface area contributed by atoms with Crippen LogP contribution in [0.15, 0.2) is 41.8 Å². The quantitative estimate of drug-likeness (QED) is 0.297. The molecular formula is C19H19N7OS. The van der Waals surface area contributed by atoms with Crippen molar-refractivity contribution in [3.05, 3.63) is 64.3 Å². The van der Waals surface area contributed by atoms with Crippen LogP contribution >= 0.6 is 11.3 Å². The number of fused-ring (bicyclic) bond motifs is 1. The van der Waals surface area contributed by atoms with Crippen LogP contribution < -0.4 is 0 Å². The Labute approximate surface area is 165 Å². The molecule has 4 rings (SSSR count). The lowest BCUT2D eigenvalue weighted by atomic mass is 10.3. The standard InChI is InChI=1S/C19H19N7OS/c1-13-16(10-22-26(12-27)11-15-6-8-21-24-15)18-19(25(13)2)23-17(28-18)9-14-5-3-4-7-20-14/h3-8,10,12H,9,11H2,1-2H3,(H,21,24)/b22-10-. The van der Waals surface area contributed by atoms with E-state index in [1.807, 2.05) is 42.8 Å². The molecule has 0 radical (unpaired) electrons. The number of rotatable bonds is 7. The fourth-order valence-electron chi connectivity index (χ4n) is 2.93. The van der Waals surface area contributed by atoms with Gasteiger partial charge in [-0.3, -0.25) is 14.9 Å². The number of pyridine rings is 1. The van der Waals surface area contributed by atoms with Gasteiger partial charge in [-0.1, -0.05) is 6.07 Å². The van der Waals surface area contributed by atoms with Crippen molar-refractivity contribution in [2.45, 2.75) is 19.9 Å². The van der Waals surface area contributed by atoms with Crippen molar-refractivity contribution in [2.75, 3.05) is 0 Å². The van der Waals surface area contributed by atoms with Gasteiger partial charge in [-0.25, -0.2) is 9.99 Å². The summed E-state index contributed by atoms with van der Waals surface area (Å²) in [6, 6.07) is 7.69. The van der Waals surface area contributed by atoms with E-state index in [0.29, 0.717) is 19.4 Å². The third kappa shape index (κ3) is 3.56. The molecule has 0 fully saturated rings. The Bertz CT molecular complexity index is 1110. The van der Waals surface area contributed by atoms with Gasteiger partial charge in [-0.15, -0.1) is 11.3 Å². The van der Waals surface area contributed by atoms with Gasteiger partial charge in [0.05, 0.1) is 23.2 Å². The second kappa shape index (κ2) is 7.73. The number of nitrogens with zero attached hydrogens (tertiary/aromatic N) is 6. The van der Waals surface area contributed by atoms with Crippen LogP contribution in [0.3, 0.4) is 0 Å². The Balaban J connectivity index is 1.62. The Morgan fingerprint density at radius 1 is 1.32 bits per heavy atom. The molecule has 28 heavy (non-hydrogen) atoms. The number of H-pyrrole nitrogens is 1. The third-order valence-corrected chi connectivity index (χ3v) is 5.58. The molecule has 0 bridgehead atoms. The van der Waals surface area contributed by atoms with E-state index in [9.17, 15) is 4.79 Å². The number of amides is 1. The summed E-state index contributed by atoms with van der Waals surface area (Å²) in [6.07, 6.45) is 6.61. The molecule has 0 aromatic carbocycles. The van der Waals surface area contributed by atoms with Crippen LogP contribution in [0.5, 0.6) is 0 Å². The molecule has 4 aromatic rings. The summed E-state index contributed by atoms with van der Waals surface area (Å²) in [4.78, 5) is 20.5. The van der Waals surface area contributed by atoms with E-state index in [1.165, 1.54) is 5.01 Å². The van der Waals surface area contributed by atoms with Crippen molar-refractivity contribution in [3.63, 3.8) is 0 Å². The second-order valence-corrected chi connectivity index (χ2v) is 7.41. The van der Waals surface area contributed by atoms with Gasteiger partial charge < -0.3 is 4.57 Å². The summed E-state index contributed by atoms with van der Waals surface area (Å²) in [5.74, 6) is 0. The summed E-state index contributed by atoms with van der Waals surface area (Å²) in [5, 5.41) is 13.5. The van der Waals surface area contributed by atoms with Crippen molar-refractivity contribution >= 4 is 34.3 Å². The molecule has 0 unspecified atom stereocenters. The zero-order chi connectivity index (χ0) is 19.5. The maximum absolute atomic E-state index is 11.4. The van der Waals surface area contributed by atoms with Crippen LogP contribution in [0.4, 0.5) is 0 Å². The zero-order valence-electron chi connectivity index (χ0n) is 15.5. The van der Waals surface area contributed by atoms with E-state index >= 15 is 0 Å². The number of nitrogens with one attached hydrogen (secondary N) is 1. The van der Waals surface area contributed by atoms with E-state index in [1.54, 1.807) is 29.9 Å². The highest BCUT2D eigenvalue weighted by Gasteiger charge is 2.16. The first-order valence-corrected chi connectivity index (χ1v) is 9.56. The number of carbonyl (C=O) groups is 1. The first-order chi connectivity index (χ1) is 13.7. The Kier molecular flexibility index (Phi) is 4.98. The van der Waals surface area contributed by atoms with Gasteiger partial charge in [-0.2, -0.15) is 10.2 Å². The SMILES string of the molecule is Cc1c(/C=N\N(C=O)Cc2cc[nH]n2)c2sc(Cc3ccccn3)nc2n1C. The summed E-state index contributed by atoms with van der Waals surface area (Å²) in [6.45, 7) is 2.33. The molecule has 1 N–H and O–H groups in total. The molecule has 1 amide bonds. The molecule has 9 heteroatoms.